The van der Waals surface area contributed by atoms with Gasteiger partial charge in [-0.2, -0.15) is 4.98 Å². The molecule has 1 aromatic carbocycles. The molecular weight excluding hydrogens is 298 g/mol. The number of hydrogen-bond donors (Lipinski definition) is 1. The minimum absolute atomic E-state index is 0.519. The van der Waals surface area contributed by atoms with Crippen molar-refractivity contribution in [1.29, 1.82) is 0 Å². The lowest BCUT2D eigenvalue weighted by atomic mass is 10.1. The van der Waals surface area contributed by atoms with Crippen LogP contribution in [0.4, 0.5) is 0 Å². The number of nitrogens with zero attached hydrogens (tertiary/aromatic N) is 2. The summed E-state index contributed by atoms with van der Waals surface area (Å²) >= 11 is 0. The number of benzene rings is 1. The molecule has 2 aromatic rings. The van der Waals surface area contributed by atoms with Crippen molar-refractivity contribution < 1.29 is 18.7 Å². The molecule has 0 bridgehead atoms. The molecule has 0 radical (unpaired) electrons. The molecule has 3 rings (SSSR count). The smallest absolute Gasteiger partial charge is 0.227 e. The summed E-state index contributed by atoms with van der Waals surface area (Å²) in [5.41, 5.74) is 0.763. The largest absolute Gasteiger partial charge is 0.493 e. The summed E-state index contributed by atoms with van der Waals surface area (Å²) in [5.74, 6) is 3.40. The summed E-state index contributed by atoms with van der Waals surface area (Å²) in [4.78, 5) is 4.49. The number of nitrogens with one attached hydrogen (secondary N) is 1. The molecular formula is C16H21N3O4. The molecule has 1 N–H and O–H groups in total. The van der Waals surface area contributed by atoms with Crippen LogP contribution in [0.25, 0.3) is 11.4 Å². The molecule has 1 atom stereocenters. The highest BCUT2D eigenvalue weighted by Crippen LogP contribution is 2.40. The molecule has 7 nitrogen and oxygen atoms in total. The minimum atomic E-state index is 0.519. The summed E-state index contributed by atoms with van der Waals surface area (Å²) in [6.07, 6.45) is 1.94. The van der Waals surface area contributed by atoms with Gasteiger partial charge in [0.1, 0.15) is 0 Å². The van der Waals surface area contributed by atoms with E-state index in [-0.39, 0.29) is 0 Å². The molecule has 2 heterocycles. The monoisotopic (exact) mass is 319 g/mol. The Morgan fingerprint density at radius 2 is 1.91 bits per heavy atom. The van der Waals surface area contributed by atoms with Crippen molar-refractivity contribution in [1.82, 2.24) is 15.5 Å². The Balaban J connectivity index is 1.87. The third-order valence-electron chi connectivity index (χ3n) is 4.02. The van der Waals surface area contributed by atoms with Gasteiger partial charge in [-0.1, -0.05) is 5.16 Å². The van der Waals surface area contributed by atoms with Crippen LogP contribution in [0.15, 0.2) is 16.7 Å². The van der Waals surface area contributed by atoms with Gasteiger partial charge in [0, 0.05) is 12.0 Å². The summed E-state index contributed by atoms with van der Waals surface area (Å²) in [7, 11) is 4.73. The van der Waals surface area contributed by atoms with Gasteiger partial charge in [0.2, 0.25) is 17.5 Å². The van der Waals surface area contributed by atoms with Crippen molar-refractivity contribution in [2.75, 3.05) is 34.4 Å². The van der Waals surface area contributed by atoms with E-state index in [4.69, 9.17) is 18.7 Å². The maximum Gasteiger partial charge on any atom is 0.227 e. The number of hydrogen-bond acceptors (Lipinski definition) is 7. The van der Waals surface area contributed by atoms with Crippen molar-refractivity contribution in [3.63, 3.8) is 0 Å². The topological polar surface area (TPSA) is 78.6 Å². The first-order valence-electron chi connectivity index (χ1n) is 7.58. The van der Waals surface area contributed by atoms with E-state index in [0.29, 0.717) is 34.9 Å². The van der Waals surface area contributed by atoms with E-state index in [1.54, 1.807) is 21.3 Å². The highest BCUT2D eigenvalue weighted by molar-refractivity contribution is 5.66. The van der Waals surface area contributed by atoms with Crippen LogP contribution >= 0.6 is 0 Å². The van der Waals surface area contributed by atoms with Crippen LogP contribution in [0, 0.1) is 5.92 Å². The zero-order valence-corrected chi connectivity index (χ0v) is 13.6. The fourth-order valence-electron chi connectivity index (χ4n) is 2.80. The van der Waals surface area contributed by atoms with Gasteiger partial charge in [-0.25, -0.2) is 0 Å². The Hall–Kier alpha value is -2.28. The van der Waals surface area contributed by atoms with Crippen LogP contribution in [0.3, 0.4) is 0 Å². The lowest BCUT2D eigenvalue weighted by Crippen LogP contribution is -2.10. The molecule has 1 fully saturated rings. The molecule has 0 aliphatic carbocycles. The normalized spacial score (nSPS) is 17.3. The van der Waals surface area contributed by atoms with Crippen LogP contribution in [0.1, 0.15) is 12.3 Å². The van der Waals surface area contributed by atoms with E-state index in [1.807, 2.05) is 12.1 Å². The van der Waals surface area contributed by atoms with Crippen LogP contribution in [0.2, 0.25) is 0 Å². The molecule has 124 valence electrons. The van der Waals surface area contributed by atoms with E-state index in [2.05, 4.69) is 15.5 Å². The zero-order chi connectivity index (χ0) is 16.2. The van der Waals surface area contributed by atoms with Gasteiger partial charge in [-0.05, 0) is 37.6 Å². The average molecular weight is 319 g/mol. The zero-order valence-electron chi connectivity index (χ0n) is 13.6. The molecule has 0 saturated carbocycles. The number of ether oxygens (including phenoxy) is 3. The highest BCUT2D eigenvalue weighted by Gasteiger charge is 2.20. The van der Waals surface area contributed by atoms with E-state index < -0.39 is 0 Å². The lowest BCUT2D eigenvalue weighted by Gasteiger charge is -2.12. The third-order valence-corrected chi connectivity index (χ3v) is 4.02. The van der Waals surface area contributed by atoms with Crippen LogP contribution in [-0.2, 0) is 6.42 Å². The van der Waals surface area contributed by atoms with Crippen molar-refractivity contribution in [2.45, 2.75) is 12.8 Å². The fraction of sp³-hybridized carbons (Fsp3) is 0.500. The summed E-state index contributed by atoms with van der Waals surface area (Å²) < 4.78 is 21.4. The van der Waals surface area contributed by atoms with Gasteiger partial charge in [0.05, 0.1) is 21.3 Å². The fourth-order valence-corrected chi connectivity index (χ4v) is 2.80. The SMILES string of the molecule is COc1cc(-c2noc(CC3CCNC3)n2)cc(OC)c1OC. The van der Waals surface area contributed by atoms with E-state index >= 15 is 0 Å². The molecule has 0 amide bonds. The van der Waals surface area contributed by atoms with Gasteiger partial charge in [0.25, 0.3) is 0 Å². The second kappa shape index (κ2) is 6.87. The lowest BCUT2D eigenvalue weighted by molar-refractivity contribution is 0.324. The number of rotatable bonds is 6. The third kappa shape index (κ3) is 3.24. The van der Waals surface area contributed by atoms with E-state index in [1.165, 1.54) is 0 Å². The van der Waals surface area contributed by atoms with Crippen molar-refractivity contribution >= 4 is 0 Å². The summed E-state index contributed by atoms with van der Waals surface area (Å²) in [6.45, 7) is 2.06. The summed E-state index contributed by atoms with van der Waals surface area (Å²) in [5, 5.41) is 7.41. The molecule has 1 aliphatic rings. The Morgan fingerprint density at radius 3 is 2.48 bits per heavy atom. The number of aromatic nitrogens is 2. The van der Waals surface area contributed by atoms with Crippen LogP contribution in [-0.4, -0.2) is 44.6 Å². The van der Waals surface area contributed by atoms with Crippen molar-refractivity contribution in [3.8, 4) is 28.6 Å². The Kier molecular flexibility index (Phi) is 4.66. The van der Waals surface area contributed by atoms with Gasteiger partial charge in [-0.3, -0.25) is 0 Å². The van der Waals surface area contributed by atoms with Crippen LogP contribution < -0.4 is 19.5 Å². The molecule has 1 unspecified atom stereocenters. The van der Waals surface area contributed by atoms with E-state index in [9.17, 15) is 0 Å². The second-order valence-electron chi connectivity index (χ2n) is 5.49. The quantitative estimate of drug-likeness (QED) is 0.871. The molecule has 1 aromatic heterocycles. The van der Waals surface area contributed by atoms with Crippen molar-refractivity contribution in [3.05, 3.63) is 18.0 Å². The van der Waals surface area contributed by atoms with Gasteiger partial charge in [-0.15, -0.1) is 0 Å². The van der Waals surface area contributed by atoms with Gasteiger partial charge >= 0.3 is 0 Å². The van der Waals surface area contributed by atoms with Crippen LogP contribution in [0.5, 0.6) is 17.2 Å². The number of methoxy groups -OCH3 is 3. The van der Waals surface area contributed by atoms with Gasteiger partial charge < -0.3 is 24.1 Å². The Bertz CT molecular complexity index is 640. The predicted octanol–water partition coefficient (Wildman–Crippen LogP) is 1.91. The van der Waals surface area contributed by atoms with Crippen molar-refractivity contribution in [2.24, 2.45) is 5.92 Å². The molecule has 0 spiro atoms. The Morgan fingerprint density at radius 1 is 1.17 bits per heavy atom. The standard InChI is InChI=1S/C16H21N3O4/c1-20-12-7-11(8-13(21-2)15(12)22-3)16-18-14(23-19-16)6-10-4-5-17-9-10/h7-8,10,17H,4-6,9H2,1-3H3. The maximum absolute atomic E-state index is 5.38. The predicted molar refractivity (Wildman–Crippen MR) is 84.1 cm³/mol. The first kappa shape index (κ1) is 15.6. The average Bonchev–Trinajstić information content (AvgIpc) is 3.25. The molecule has 23 heavy (non-hydrogen) atoms. The highest BCUT2D eigenvalue weighted by atomic mass is 16.5. The first-order valence-corrected chi connectivity index (χ1v) is 7.58. The maximum atomic E-state index is 5.38. The Labute approximate surface area is 134 Å². The second-order valence-corrected chi connectivity index (χ2v) is 5.49. The first-order chi connectivity index (χ1) is 11.2. The molecule has 7 heteroatoms. The molecule has 1 aliphatic heterocycles. The van der Waals surface area contributed by atoms with Gasteiger partial charge in [0.15, 0.2) is 11.5 Å². The summed E-state index contributed by atoms with van der Waals surface area (Å²) in [6, 6.07) is 3.63. The minimum Gasteiger partial charge on any atom is -0.493 e. The molecule has 1 saturated heterocycles. The van der Waals surface area contributed by atoms with E-state index in [0.717, 1.165) is 31.5 Å².